The topological polar surface area (TPSA) is 63.6 Å². The first-order chi connectivity index (χ1) is 9.66. The highest BCUT2D eigenvalue weighted by Gasteiger charge is 2.27. The van der Waals surface area contributed by atoms with Gasteiger partial charge in [0, 0.05) is 25.3 Å². The van der Waals surface area contributed by atoms with Crippen molar-refractivity contribution in [2.75, 3.05) is 13.1 Å². The van der Waals surface area contributed by atoms with E-state index >= 15 is 0 Å². The van der Waals surface area contributed by atoms with Crippen molar-refractivity contribution >= 4 is 11.4 Å². The maximum atomic E-state index is 12.7. The summed E-state index contributed by atoms with van der Waals surface area (Å²) in [5.41, 5.74) is 7.52. The number of piperidine rings is 1. The lowest BCUT2D eigenvalue weighted by Gasteiger charge is -2.34. The van der Waals surface area contributed by atoms with E-state index in [1.54, 1.807) is 10.7 Å². The molecular weight excluding hydrogens is 252 g/mol. The molecule has 2 N–H and O–H groups in total. The molecule has 1 fully saturated rings. The average Bonchev–Trinajstić information content (AvgIpc) is 2.90. The minimum absolute atomic E-state index is 0.0663. The molecule has 1 saturated heterocycles. The van der Waals surface area contributed by atoms with Crippen LogP contribution in [0.2, 0.25) is 0 Å². The standard InChI is InChI=1S/C15H20N4O/c1-11(16)12-5-4-7-18(10-12)15(20)13-9-17-19-8-3-2-6-14(13)19/h2-3,6,8-9,11-12H,4-5,7,10,16H2,1H3. The van der Waals surface area contributed by atoms with E-state index in [0.717, 1.165) is 31.4 Å². The number of aromatic nitrogens is 2. The largest absolute Gasteiger partial charge is 0.338 e. The van der Waals surface area contributed by atoms with E-state index in [2.05, 4.69) is 5.10 Å². The molecule has 0 aliphatic carbocycles. The van der Waals surface area contributed by atoms with E-state index in [9.17, 15) is 4.79 Å². The van der Waals surface area contributed by atoms with Crippen LogP contribution in [0.1, 0.15) is 30.1 Å². The van der Waals surface area contributed by atoms with Crippen LogP contribution in [0, 0.1) is 5.92 Å². The Balaban J connectivity index is 1.85. The molecule has 5 nitrogen and oxygen atoms in total. The summed E-state index contributed by atoms with van der Waals surface area (Å²) in [7, 11) is 0. The molecule has 1 amide bonds. The highest BCUT2D eigenvalue weighted by atomic mass is 16.2. The molecule has 0 bridgehead atoms. The van der Waals surface area contributed by atoms with Gasteiger partial charge in [-0.25, -0.2) is 4.52 Å². The molecule has 0 radical (unpaired) electrons. The Morgan fingerprint density at radius 2 is 2.35 bits per heavy atom. The first-order valence-corrected chi connectivity index (χ1v) is 7.14. The quantitative estimate of drug-likeness (QED) is 0.902. The number of carbonyl (C=O) groups excluding carboxylic acids is 1. The van der Waals surface area contributed by atoms with Crippen molar-refractivity contribution in [1.29, 1.82) is 0 Å². The summed E-state index contributed by atoms with van der Waals surface area (Å²) in [6.45, 7) is 3.58. The number of hydrogen-bond donors (Lipinski definition) is 1. The van der Waals surface area contributed by atoms with Gasteiger partial charge in [-0.05, 0) is 37.8 Å². The van der Waals surface area contributed by atoms with Gasteiger partial charge in [0.1, 0.15) is 0 Å². The number of likely N-dealkylation sites (tertiary alicyclic amines) is 1. The van der Waals surface area contributed by atoms with E-state index in [4.69, 9.17) is 5.73 Å². The van der Waals surface area contributed by atoms with E-state index in [1.165, 1.54) is 0 Å². The third-order valence-electron chi connectivity index (χ3n) is 4.15. The summed E-state index contributed by atoms with van der Waals surface area (Å²) in [6, 6.07) is 5.89. The zero-order chi connectivity index (χ0) is 14.1. The van der Waals surface area contributed by atoms with Crippen LogP contribution < -0.4 is 5.73 Å². The Kier molecular flexibility index (Phi) is 3.44. The molecule has 106 valence electrons. The molecule has 20 heavy (non-hydrogen) atoms. The Labute approximate surface area is 118 Å². The first-order valence-electron chi connectivity index (χ1n) is 7.14. The molecule has 0 saturated carbocycles. The number of hydrogen-bond acceptors (Lipinski definition) is 3. The van der Waals surface area contributed by atoms with Gasteiger partial charge in [-0.3, -0.25) is 4.79 Å². The highest BCUT2D eigenvalue weighted by molar-refractivity contribution is 6.00. The van der Waals surface area contributed by atoms with Crippen molar-refractivity contribution < 1.29 is 4.79 Å². The Hall–Kier alpha value is -1.88. The van der Waals surface area contributed by atoms with Gasteiger partial charge < -0.3 is 10.6 Å². The van der Waals surface area contributed by atoms with Crippen LogP contribution in [0.5, 0.6) is 0 Å². The van der Waals surface area contributed by atoms with Gasteiger partial charge in [-0.1, -0.05) is 6.07 Å². The first kappa shape index (κ1) is 13.1. The second-order valence-corrected chi connectivity index (χ2v) is 5.60. The molecule has 2 aromatic heterocycles. The maximum Gasteiger partial charge on any atom is 0.257 e. The zero-order valence-corrected chi connectivity index (χ0v) is 11.7. The highest BCUT2D eigenvalue weighted by Crippen LogP contribution is 2.21. The van der Waals surface area contributed by atoms with E-state index < -0.39 is 0 Å². The molecular formula is C15H20N4O. The van der Waals surface area contributed by atoms with E-state index in [0.29, 0.717) is 11.5 Å². The van der Waals surface area contributed by atoms with Crippen LogP contribution >= 0.6 is 0 Å². The van der Waals surface area contributed by atoms with Crippen molar-refractivity contribution in [3.8, 4) is 0 Å². The number of nitrogens with two attached hydrogens (primary N) is 1. The van der Waals surface area contributed by atoms with Gasteiger partial charge in [0.15, 0.2) is 0 Å². The van der Waals surface area contributed by atoms with Gasteiger partial charge in [0.25, 0.3) is 5.91 Å². The van der Waals surface area contributed by atoms with Crippen LogP contribution in [0.4, 0.5) is 0 Å². The second kappa shape index (κ2) is 5.25. The van der Waals surface area contributed by atoms with Crippen molar-refractivity contribution in [2.45, 2.75) is 25.8 Å². The monoisotopic (exact) mass is 272 g/mol. The second-order valence-electron chi connectivity index (χ2n) is 5.60. The summed E-state index contributed by atoms with van der Waals surface area (Å²) in [4.78, 5) is 14.6. The fraction of sp³-hybridized carbons (Fsp3) is 0.467. The van der Waals surface area contributed by atoms with Gasteiger partial charge in [-0.15, -0.1) is 0 Å². The molecule has 3 rings (SSSR count). The van der Waals surface area contributed by atoms with Crippen molar-refractivity contribution in [3.05, 3.63) is 36.2 Å². The predicted molar refractivity (Wildman–Crippen MR) is 77.5 cm³/mol. The SMILES string of the molecule is CC(N)C1CCCN(C(=O)c2cnn3ccccc23)C1. The molecule has 0 aromatic carbocycles. The van der Waals surface area contributed by atoms with Crippen molar-refractivity contribution in [1.82, 2.24) is 14.5 Å². The molecule has 1 aliphatic heterocycles. The summed E-state index contributed by atoms with van der Waals surface area (Å²) < 4.78 is 1.74. The van der Waals surface area contributed by atoms with Crippen LogP contribution in [0.3, 0.4) is 0 Å². The lowest BCUT2D eigenvalue weighted by molar-refractivity contribution is 0.0663. The lowest BCUT2D eigenvalue weighted by Crippen LogP contribution is -2.45. The summed E-state index contributed by atoms with van der Waals surface area (Å²) in [6.07, 6.45) is 5.65. The fourth-order valence-electron chi connectivity index (χ4n) is 2.89. The number of pyridine rings is 1. The molecule has 3 heterocycles. The molecule has 2 aromatic rings. The summed E-state index contributed by atoms with van der Waals surface area (Å²) >= 11 is 0. The Morgan fingerprint density at radius 3 is 3.15 bits per heavy atom. The minimum Gasteiger partial charge on any atom is -0.338 e. The average molecular weight is 272 g/mol. The fourth-order valence-corrected chi connectivity index (χ4v) is 2.89. The van der Waals surface area contributed by atoms with E-state index in [-0.39, 0.29) is 11.9 Å². The third-order valence-corrected chi connectivity index (χ3v) is 4.15. The number of carbonyl (C=O) groups is 1. The third kappa shape index (κ3) is 2.29. The summed E-state index contributed by atoms with van der Waals surface area (Å²) in [5.74, 6) is 0.464. The molecule has 5 heteroatoms. The number of rotatable bonds is 2. The van der Waals surface area contributed by atoms with Gasteiger partial charge >= 0.3 is 0 Å². The van der Waals surface area contributed by atoms with Crippen LogP contribution in [-0.4, -0.2) is 39.6 Å². The van der Waals surface area contributed by atoms with Crippen LogP contribution in [0.25, 0.3) is 5.52 Å². The van der Waals surface area contributed by atoms with Crippen LogP contribution in [-0.2, 0) is 0 Å². The number of amides is 1. The predicted octanol–water partition coefficient (Wildman–Crippen LogP) is 1.53. The van der Waals surface area contributed by atoms with Crippen molar-refractivity contribution in [3.63, 3.8) is 0 Å². The number of fused-ring (bicyclic) bond motifs is 1. The normalized spacial score (nSPS) is 21.1. The number of nitrogens with zero attached hydrogens (tertiary/aromatic N) is 3. The Morgan fingerprint density at radius 1 is 1.50 bits per heavy atom. The summed E-state index contributed by atoms with van der Waals surface area (Å²) in [5, 5.41) is 4.23. The van der Waals surface area contributed by atoms with Gasteiger partial charge in [0.2, 0.25) is 0 Å². The van der Waals surface area contributed by atoms with Crippen LogP contribution in [0.15, 0.2) is 30.6 Å². The van der Waals surface area contributed by atoms with Crippen molar-refractivity contribution in [2.24, 2.45) is 11.7 Å². The molecule has 1 aliphatic rings. The Bertz CT molecular complexity index is 619. The van der Waals surface area contributed by atoms with Gasteiger partial charge in [-0.2, -0.15) is 5.10 Å². The van der Waals surface area contributed by atoms with Gasteiger partial charge in [0.05, 0.1) is 17.3 Å². The smallest absolute Gasteiger partial charge is 0.257 e. The molecule has 2 atom stereocenters. The zero-order valence-electron chi connectivity index (χ0n) is 11.7. The lowest BCUT2D eigenvalue weighted by atomic mass is 9.92. The molecule has 2 unspecified atom stereocenters. The minimum atomic E-state index is 0.0663. The van der Waals surface area contributed by atoms with E-state index in [1.807, 2.05) is 36.2 Å². The maximum absolute atomic E-state index is 12.7. The molecule has 0 spiro atoms.